The molecule has 0 spiro atoms. The van der Waals surface area contributed by atoms with Crippen LogP contribution in [0.5, 0.6) is 0 Å². The zero-order valence-corrected chi connectivity index (χ0v) is 14.8. The Bertz CT molecular complexity index is 988. The van der Waals surface area contributed by atoms with Crippen molar-refractivity contribution in [2.24, 2.45) is 0 Å². The average Bonchev–Trinajstić information content (AvgIpc) is 3.13. The van der Waals surface area contributed by atoms with Gasteiger partial charge in [-0.3, -0.25) is 0 Å². The molecule has 136 valence electrons. The highest BCUT2D eigenvalue weighted by Gasteiger charge is 2.14. The number of rotatable bonds is 4. The lowest BCUT2D eigenvalue weighted by Crippen LogP contribution is -2.36. The second-order valence-corrected chi connectivity index (χ2v) is 6.19. The number of hydrogen-bond donors (Lipinski definition) is 1. The van der Waals surface area contributed by atoms with E-state index in [1.165, 1.54) is 0 Å². The lowest BCUT2D eigenvalue weighted by Gasteiger charge is -2.29. The first-order valence-corrected chi connectivity index (χ1v) is 8.63. The van der Waals surface area contributed by atoms with Crippen LogP contribution in [0.15, 0.2) is 41.1 Å². The number of nitrogens with zero attached hydrogens (tertiary/aromatic N) is 5. The van der Waals surface area contributed by atoms with Gasteiger partial charge in [0.2, 0.25) is 5.95 Å². The number of morpholine rings is 1. The van der Waals surface area contributed by atoms with E-state index in [0.717, 1.165) is 30.0 Å². The van der Waals surface area contributed by atoms with Gasteiger partial charge >= 0.3 is 0 Å². The van der Waals surface area contributed by atoms with Crippen LogP contribution in [0.1, 0.15) is 11.3 Å². The predicted molar refractivity (Wildman–Crippen MR) is 99.7 cm³/mol. The Morgan fingerprint density at radius 1 is 1.19 bits per heavy atom. The van der Waals surface area contributed by atoms with Crippen LogP contribution in [0.2, 0.25) is 0 Å². The maximum atomic E-state index is 9.43. The van der Waals surface area contributed by atoms with Gasteiger partial charge in [-0.1, -0.05) is 5.16 Å². The third-order valence-corrected chi connectivity index (χ3v) is 4.24. The summed E-state index contributed by atoms with van der Waals surface area (Å²) in [4.78, 5) is 11.0. The molecule has 1 aromatic carbocycles. The first-order chi connectivity index (χ1) is 13.2. The quantitative estimate of drug-likeness (QED) is 0.756. The molecular formula is C19H18N6O2. The molecular weight excluding hydrogens is 344 g/mol. The molecule has 1 aliphatic heterocycles. The van der Waals surface area contributed by atoms with Gasteiger partial charge in [0, 0.05) is 36.6 Å². The molecule has 0 amide bonds. The molecule has 0 radical (unpaired) electrons. The molecule has 3 aromatic rings. The van der Waals surface area contributed by atoms with Crippen molar-refractivity contribution in [2.75, 3.05) is 36.5 Å². The summed E-state index contributed by atoms with van der Waals surface area (Å²) in [5, 5.41) is 16.3. The van der Waals surface area contributed by atoms with E-state index in [1.807, 2.05) is 31.2 Å². The summed E-state index contributed by atoms with van der Waals surface area (Å²) < 4.78 is 10.5. The van der Waals surface area contributed by atoms with Crippen molar-refractivity contribution in [3.8, 4) is 17.3 Å². The van der Waals surface area contributed by atoms with E-state index >= 15 is 0 Å². The number of benzene rings is 1. The Hall–Kier alpha value is -3.44. The molecule has 2 aromatic heterocycles. The van der Waals surface area contributed by atoms with Gasteiger partial charge in [-0.25, -0.2) is 9.97 Å². The molecule has 1 saturated heterocycles. The van der Waals surface area contributed by atoms with Gasteiger partial charge in [-0.05, 0) is 31.2 Å². The summed E-state index contributed by atoms with van der Waals surface area (Å²) in [5.74, 6) is 1.66. The number of anilines is 3. The van der Waals surface area contributed by atoms with Gasteiger partial charge in [-0.2, -0.15) is 5.26 Å². The molecule has 0 bridgehead atoms. The van der Waals surface area contributed by atoms with Crippen LogP contribution in [0.25, 0.3) is 11.3 Å². The SMILES string of the molecule is Cc1cc(Nc2nccc(-c3cc(C#N)cc(N4CCOCC4)c3)n2)no1. The third-order valence-electron chi connectivity index (χ3n) is 4.24. The zero-order valence-electron chi connectivity index (χ0n) is 14.8. The highest BCUT2D eigenvalue weighted by Crippen LogP contribution is 2.27. The number of nitrogens with one attached hydrogen (secondary N) is 1. The van der Waals surface area contributed by atoms with Gasteiger partial charge < -0.3 is 19.5 Å². The Morgan fingerprint density at radius 2 is 2.04 bits per heavy atom. The van der Waals surface area contributed by atoms with Gasteiger partial charge in [0.15, 0.2) is 5.82 Å². The van der Waals surface area contributed by atoms with Crippen molar-refractivity contribution in [3.05, 3.63) is 47.9 Å². The Labute approximate surface area is 156 Å². The van der Waals surface area contributed by atoms with Gasteiger partial charge in [0.1, 0.15) is 5.76 Å². The molecule has 3 heterocycles. The first kappa shape index (κ1) is 17.0. The standard InChI is InChI=1S/C19H18N6O2/c1-13-8-18(24-27-13)23-19-21-3-2-17(22-19)15-9-14(12-20)10-16(11-15)25-4-6-26-7-5-25/h2-3,8-11H,4-7H2,1H3,(H,21,22,23,24). The first-order valence-electron chi connectivity index (χ1n) is 8.63. The molecule has 1 N–H and O–H groups in total. The number of hydrogen-bond acceptors (Lipinski definition) is 8. The largest absolute Gasteiger partial charge is 0.378 e. The summed E-state index contributed by atoms with van der Waals surface area (Å²) in [7, 11) is 0. The maximum Gasteiger partial charge on any atom is 0.228 e. The van der Waals surface area contributed by atoms with Crippen molar-refractivity contribution < 1.29 is 9.26 Å². The van der Waals surface area contributed by atoms with Crippen LogP contribution in [-0.2, 0) is 4.74 Å². The van der Waals surface area contributed by atoms with E-state index in [-0.39, 0.29) is 0 Å². The molecule has 27 heavy (non-hydrogen) atoms. The van der Waals surface area contributed by atoms with Crippen LogP contribution in [-0.4, -0.2) is 41.4 Å². The van der Waals surface area contributed by atoms with Crippen molar-refractivity contribution in [2.45, 2.75) is 6.92 Å². The van der Waals surface area contributed by atoms with Crippen LogP contribution >= 0.6 is 0 Å². The fourth-order valence-corrected chi connectivity index (χ4v) is 2.95. The number of nitriles is 1. The van der Waals surface area contributed by atoms with Crippen molar-refractivity contribution in [1.82, 2.24) is 15.1 Å². The molecule has 1 fully saturated rings. The van der Waals surface area contributed by atoms with Crippen molar-refractivity contribution in [1.29, 1.82) is 5.26 Å². The van der Waals surface area contributed by atoms with Crippen LogP contribution in [0, 0.1) is 18.3 Å². The normalized spacial score (nSPS) is 14.0. The Kier molecular flexibility index (Phi) is 4.68. The van der Waals surface area contributed by atoms with Crippen molar-refractivity contribution in [3.63, 3.8) is 0 Å². The number of aryl methyl sites for hydroxylation is 1. The summed E-state index contributed by atoms with van der Waals surface area (Å²) in [6.07, 6.45) is 1.67. The van der Waals surface area contributed by atoms with Crippen molar-refractivity contribution >= 4 is 17.5 Å². The highest BCUT2D eigenvalue weighted by atomic mass is 16.5. The average molecular weight is 362 g/mol. The van der Waals surface area contributed by atoms with Gasteiger partial charge in [-0.15, -0.1) is 0 Å². The molecule has 1 aliphatic rings. The van der Waals surface area contributed by atoms with E-state index in [0.29, 0.717) is 36.3 Å². The Morgan fingerprint density at radius 3 is 2.78 bits per heavy atom. The lowest BCUT2D eigenvalue weighted by atomic mass is 10.1. The van der Waals surface area contributed by atoms with Crippen LogP contribution < -0.4 is 10.2 Å². The van der Waals surface area contributed by atoms with E-state index in [1.54, 1.807) is 12.3 Å². The Balaban J connectivity index is 1.66. The highest BCUT2D eigenvalue weighted by molar-refractivity contribution is 5.69. The third kappa shape index (κ3) is 3.88. The fourth-order valence-electron chi connectivity index (χ4n) is 2.95. The number of aromatic nitrogens is 3. The predicted octanol–water partition coefficient (Wildman–Crippen LogP) is 2.89. The molecule has 4 rings (SSSR count). The van der Waals surface area contributed by atoms with E-state index in [2.05, 4.69) is 31.4 Å². The lowest BCUT2D eigenvalue weighted by molar-refractivity contribution is 0.122. The van der Waals surface area contributed by atoms with Crippen LogP contribution in [0.4, 0.5) is 17.5 Å². The van der Waals surface area contributed by atoms with Gasteiger partial charge in [0.05, 0.1) is 30.5 Å². The second-order valence-electron chi connectivity index (χ2n) is 6.19. The van der Waals surface area contributed by atoms with Crippen LogP contribution in [0.3, 0.4) is 0 Å². The molecule has 0 saturated carbocycles. The summed E-state index contributed by atoms with van der Waals surface area (Å²) in [6.45, 7) is 4.79. The molecule has 0 aliphatic carbocycles. The van der Waals surface area contributed by atoms with E-state index in [9.17, 15) is 5.26 Å². The smallest absolute Gasteiger partial charge is 0.228 e. The maximum absolute atomic E-state index is 9.43. The van der Waals surface area contributed by atoms with E-state index < -0.39 is 0 Å². The minimum Gasteiger partial charge on any atom is -0.378 e. The molecule has 8 nitrogen and oxygen atoms in total. The molecule has 8 heteroatoms. The minimum absolute atomic E-state index is 0.413. The topological polar surface area (TPSA) is 100 Å². The number of ether oxygens (including phenoxy) is 1. The monoisotopic (exact) mass is 362 g/mol. The van der Waals surface area contributed by atoms with Gasteiger partial charge in [0.25, 0.3) is 0 Å². The zero-order chi connectivity index (χ0) is 18.6. The molecule has 0 atom stereocenters. The minimum atomic E-state index is 0.413. The fraction of sp³-hybridized carbons (Fsp3) is 0.263. The summed E-state index contributed by atoms with van der Waals surface area (Å²) in [5.41, 5.74) is 3.17. The summed E-state index contributed by atoms with van der Waals surface area (Å²) in [6, 6.07) is 11.6. The van der Waals surface area contributed by atoms with E-state index in [4.69, 9.17) is 9.26 Å². The second kappa shape index (κ2) is 7.43. The molecule has 0 unspecified atom stereocenters. The summed E-state index contributed by atoms with van der Waals surface area (Å²) >= 11 is 0.